The molecule has 1 heterocycles. The molecule has 0 saturated carbocycles. The fourth-order valence-corrected chi connectivity index (χ4v) is 3.40. The van der Waals surface area contributed by atoms with Gasteiger partial charge in [0.25, 0.3) is 0 Å². The number of anilines is 1. The summed E-state index contributed by atoms with van der Waals surface area (Å²) in [5, 5.41) is 3.45. The van der Waals surface area contributed by atoms with Gasteiger partial charge in [0.05, 0.1) is 5.41 Å². The van der Waals surface area contributed by atoms with Crippen molar-refractivity contribution in [2.75, 3.05) is 12.4 Å². The first kappa shape index (κ1) is 15.1. The summed E-state index contributed by atoms with van der Waals surface area (Å²) >= 11 is 1.19. The minimum absolute atomic E-state index is 0.0159. The summed E-state index contributed by atoms with van der Waals surface area (Å²) in [5.41, 5.74) is 2.22. The van der Waals surface area contributed by atoms with E-state index in [4.69, 9.17) is 4.74 Å². The Morgan fingerprint density at radius 3 is 2.95 bits per heavy atom. The molecule has 2 aromatic rings. The third kappa shape index (κ3) is 3.03. The summed E-state index contributed by atoms with van der Waals surface area (Å²) in [4.78, 5) is 16.9. The van der Waals surface area contributed by atoms with Gasteiger partial charge in [-0.3, -0.25) is 4.79 Å². The molecule has 3 rings (SSSR count). The van der Waals surface area contributed by atoms with E-state index in [0.717, 1.165) is 19.3 Å². The number of fused-ring (bicyclic) bond motifs is 1. The zero-order chi connectivity index (χ0) is 15.6. The zero-order valence-corrected chi connectivity index (χ0v) is 13.6. The minimum atomic E-state index is -0.401. The summed E-state index contributed by atoms with van der Waals surface area (Å²) in [6.07, 6.45) is 2.55. The maximum Gasteiger partial charge on any atom is 0.232 e. The molecule has 1 amide bonds. The van der Waals surface area contributed by atoms with E-state index in [0.29, 0.717) is 17.6 Å². The van der Waals surface area contributed by atoms with Crippen molar-refractivity contribution in [3.05, 3.63) is 41.2 Å². The molecule has 1 aliphatic carbocycles. The number of aromatic nitrogens is 2. The van der Waals surface area contributed by atoms with Crippen LogP contribution in [-0.2, 0) is 29.0 Å². The standard InChI is InChI=1S/C16H19N3O2S/c1-16(8-7-11-5-3-4-6-12(11)9-16)14(20)18-15-17-13(10-21-2)19-22-15/h3-6H,7-10H2,1-2H3,(H,17,18,19,20). The molecule has 1 atom stereocenters. The molecule has 0 saturated heterocycles. The van der Waals surface area contributed by atoms with E-state index in [1.54, 1.807) is 7.11 Å². The van der Waals surface area contributed by atoms with Gasteiger partial charge < -0.3 is 10.1 Å². The maximum absolute atomic E-state index is 12.7. The number of amides is 1. The smallest absolute Gasteiger partial charge is 0.232 e. The average molecular weight is 317 g/mol. The fourth-order valence-electron chi connectivity index (χ4n) is 2.83. The lowest BCUT2D eigenvalue weighted by Gasteiger charge is -2.33. The minimum Gasteiger partial charge on any atom is -0.377 e. The Kier molecular flexibility index (Phi) is 4.22. The molecule has 116 valence electrons. The number of ether oxygens (including phenoxy) is 1. The molecule has 1 aliphatic rings. The quantitative estimate of drug-likeness (QED) is 0.942. The van der Waals surface area contributed by atoms with E-state index in [2.05, 4.69) is 32.9 Å². The summed E-state index contributed by atoms with van der Waals surface area (Å²) < 4.78 is 9.14. The fraction of sp³-hybridized carbons (Fsp3) is 0.438. The molecule has 0 bridgehead atoms. The lowest BCUT2D eigenvalue weighted by molar-refractivity contribution is -0.125. The van der Waals surface area contributed by atoms with Crippen LogP contribution in [0.25, 0.3) is 0 Å². The highest BCUT2D eigenvalue weighted by Gasteiger charge is 2.37. The van der Waals surface area contributed by atoms with E-state index in [1.165, 1.54) is 22.7 Å². The van der Waals surface area contributed by atoms with Gasteiger partial charge in [0.1, 0.15) is 6.61 Å². The number of methoxy groups -OCH3 is 1. The van der Waals surface area contributed by atoms with Crippen LogP contribution in [0.2, 0.25) is 0 Å². The Bertz CT molecular complexity index is 686. The highest BCUT2D eigenvalue weighted by atomic mass is 32.1. The van der Waals surface area contributed by atoms with Gasteiger partial charge in [-0.2, -0.15) is 4.37 Å². The van der Waals surface area contributed by atoms with Crippen molar-refractivity contribution in [1.82, 2.24) is 9.36 Å². The van der Waals surface area contributed by atoms with Crippen LogP contribution < -0.4 is 5.32 Å². The van der Waals surface area contributed by atoms with Gasteiger partial charge in [0.2, 0.25) is 11.0 Å². The Morgan fingerprint density at radius 2 is 2.18 bits per heavy atom. The second-order valence-electron chi connectivity index (χ2n) is 5.91. The molecule has 22 heavy (non-hydrogen) atoms. The number of nitrogens with zero attached hydrogens (tertiary/aromatic N) is 2. The van der Waals surface area contributed by atoms with Gasteiger partial charge in [-0.25, -0.2) is 4.98 Å². The predicted molar refractivity (Wildman–Crippen MR) is 85.8 cm³/mol. The molecule has 6 heteroatoms. The topological polar surface area (TPSA) is 64.1 Å². The molecule has 5 nitrogen and oxygen atoms in total. The van der Waals surface area contributed by atoms with Crippen LogP contribution in [0.1, 0.15) is 30.3 Å². The second kappa shape index (κ2) is 6.14. The molecule has 0 radical (unpaired) electrons. The van der Waals surface area contributed by atoms with Crippen LogP contribution in [0.5, 0.6) is 0 Å². The normalized spacial score (nSPS) is 20.5. The van der Waals surface area contributed by atoms with Crippen molar-refractivity contribution in [2.45, 2.75) is 32.8 Å². The van der Waals surface area contributed by atoms with Gasteiger partial charge in [-0.05, 0) is 30.4 Å². The third-order valence-corrected chi connectivity index (χ3v) is 4.82. The van der Waals surface area contributed by atoms with Crippen molar-refractivity contribution < 1.29 is 9.53 Å². The number of aryl methyl sites for hydroxylation is 1. The highest BCUT2D eigenvalue weighted by molar-refractivity contribution is 7.09. The molecular formula is C16H19N3O2S. The molecule has 1 unspecified atom stereocenters. The Labute approximate surface area is 133 Å². The SMILES string of the molecule is COCc1nsc(NC(=O)C2(C)CCc3ccccc3C2)n1. The summed E-state index contributed by atoms with van der Waals surface area (Å²) in [7, 11) is 1.60. The lowest BCUT2D eigenvalue weighted by atomic mass is 9.72. The van der Waals surface area contributed by atoms with E-state index in [9.17, 15) is 4.79 Å². The number of rotatable bonds is 4. The number of benzene rings is 1. The average Bonchev–Trinajstić information content (AvgIpc) is 2.95. The summed E-state index contributed by atoms with van der Waals surface area (Å²) in [6, 6.07) is 8.35. The number of hydrogen-bond acceptors (Lipinski definition) is 5. The molecule has 0 aliphatic heterocycles. The Morgan fingerprint density at radius 1 is 1.41 bits per heavy atom. The summed E-state index contributed by atoms with van der Waals surface area (Å²) in [6.45, 7) is 2.38. The van der Waals surface area contributed by atoms with Crippen molar-refractivity contribution in [1.29, 1.82) is 0 Å². The Hall–Kier alpha value is -1.79. The van der Waals surface area contributed by atoms with Gasteiger partial charge in [0.15, 0.2) is 5.82 Å². The van der Waals surface area contributed by atoms with Gasteiger partial charge in [-0.1, -0.05) is 31.2 Å². The maximum atomic E-state index is 12.7. The van der Waals surface area contributed by atoms with Crippen molar-refractivity contribution in [2.24, 2.45) is 5.41 Å². The van der Waals surface area contributed by atoms with Crippen molar-refractivity contribution in [3.63, 3.8) is 0 Å². The Balaban J connectivity index is 1.71. The van der Waals surface area contributed by atoms with Crippen LogP contribution in [0.4, 0.5) is 5.13 Å². The van der Waals surface area contributed by atoms with Crippen molar-refractivity contribution >= 4 is 22.6 Å². The van der Waals surface area contributed by atoms with Gasteiger partial charge >= 0.3 is 0 Å². The van der Waals surface area contributed by atoms with Crippen LogP contribution in [0.3, 0.4) is 0 Å². The summed E-state index contributed by atoms with van der Waals surface area (Å²) in [5.74, 6) is 0.615. The van der Waals surface area contributed by atoms with Crippen LogP contribution in [0.15, 0.2) is 24.3 Å². The van der Waals surface area contributed by atoms with Crippen LogP contribution in [0, 0.1) is 5.41 Å². The molecular weight excluding hydrogens is 298 g/mol. The zero-order valence-electron chi connectivity index (χ0n) is 12.8. The predicted octanol–water partition coefficient (Wildman–Crippen LogP) is 2.82. The number of carbonyl (C=O) groups excluding carboxylic acids is 1. The first-order valence-corrected chi connectivity index (χ1v) is 8.08. The van der Waals surface area contributed by atoms with Crippen LogP contribution in [-0.4, -0.2) is 22.4 Å². The van der Waals surface area contributed by atoms with Gasteiger partial charge in [0, 0.05) is 18.6 Å². The first-order valence-electron chi connectivity index (χ1n) is 7.30. The highest BCUT2D eigenvalue weighted by Crippen LogP contribution is 2.36. The lowest BCUT2D eigenvalue weighted by Crippen LogP contribution is -2.38. The largest absolute Gasteiger partial charge is 0.377 e. The molecule has 0 spiro atoms. The van der Waals surface area contributed by atoms with E-state index in [1.807, 2.05) is 13.0 Å². The number of nitrogens with one attached hydrogen (secondary N) is 1. The first-order chi connectivity index (χ1) is 10.6. The van der Waals surface area contributed by atoms with Crippen molar-refractivity contribution in [3.8, 4) is 0 Å². The van der Waals surface area contributed by atoms with E-state index >= 15 is 0 Å². The number of hydrogen-bond donors (Lipinski definition) is 1. The van der Waals surface area contributed by atoms with Crippen LogP contribution >= 0.6 is 11.5 Å². The molecule has 1 aromatic carbocycles. The monoisotopic (exact) mass is 317 g/mol. The molecule has 1 N–H and O–H groups in total. The third-order valence-electron chi connectivity index (χ3n) is 4.16. The molecule has 1 aromatic heterocycles. The molecule has 0 fully saturated rings. The van der Waals surface area contributed by atoms with E-state index in [-0.39, 0.29) is 5.91 Å². The number of carbonyl (C=O) groups is 1. The van der Waals surface area contributed by atoms with E-state index < -0.39 is 5.41 Å². The van der Waals surface area contributed by atoms with Gasteiger partial charge in [-0.15, -0.1) is 0 Å². The second-order valence-corrected chi connectivity index (χ2v) is 6.66.